The van der Waals surface area contributed by atoms with Crippen LogP contribution in [-0.4, -0.2) is 26.4 Å². The van der Waals surface area contributed by atoms with Gasteiger partial charge < -0.3 is 5.32 Å². The SMILES string of the molecule is CCc1nnsc1C(Cc1c(Cl)c(C)nn1C)NC. The van der Waals surface area contributed by atoms with E-state index in [2.05, 4.69) is 26.9 Å². The summed E-state index contributed by atoms with van der Waals surface area (Å²) in [6.07, 6.45) is 1.67. The second-order valence-corrected chi connectivity index (χ2v) is 5.62. The molecule has 1 atom stereocenters. The maximum absolute atomic E-state index is 6.31. The summed E-state index contributed by atoms with van der Waals surface area (Å²) in [5.74, 6) is 0. The molecule has 2 heterocycles. The molecule has 0 bridgehead atoms. The quantitative estimate of drug-likeness (QED) is 0.920. The average Bonchev–Trinajstić information content (AvgIpc) is 2.95. The van der Waals surface area contributed by atoms with E-state index < -0.39 is 0 Å². The topological polar surface area (TPSA) is 55.6 Å². The van der Waals surface area contributed by atoms with Gasteiger partial charge in [0.2, 0.25) is 0 Å². The summed E-state index contributed by atoms with van der Waals surface area (Å²) in [6, 6.07) is 0.169. The number of hydrogen-bond donors (Lipinski definition) is 1. The van der Waals surface area contributed by atoms with Gasteiger partial charge in [0.25, 0.3) is 0 Å². The van der Waals surface area contributed by atoms with Crippen molar-refractivity contribution < 1.29 is 0 Å². The number of rotatable bonds is 5. The molecule has 2 aromatic rings. The summed E-state index contributed by atoms with van der Waals surface area (Å²) in [6.45, 7) is 4.01. The smallest absolute Gasteiger partial charge is 0.0847 e. The van der Waals surface area contributed by atoms with Gasteiger partial charge in [0, 0.05) is 13.5 Å². The molecule has 0 aliphatic heterocycles. The summed E-state index contributed by atoms with van der Waals surface area (Å²) in [4.78, 5) is 1.18. The van der Waals surface area contributed by atoms with Gasteiger partial charge in [-0.3, -0.25) is 4.68 Å². The number of nitrogens with zero attached hydrogens (tertiary/aromatic N) is 4. The van der Waals surface area contributed by atoms with Crippen molar-refractivity contribution in [1.29, 1.82) is 0 Å². The fraction of sp³-hybridized carbons (Fsp3) is 0.583. The third kappa shape index (κ3) is 2.80. The van der Waals surface area contributed by atoms with Crippen molar-refractivity contribution in [2.75, 3.05) is 7.05 Å². The first-order valence-corrected chi connectivity index (χ1v) is 7.39. The Morgan fingerprint density at radius 3 is 2.74 bits per heavy atom. The van der Waals surface area contributed by atoms with Crippen molar-refractivity contribution in [3.05, 3.63) is 27.0 Å². The van der Waals surface area contributed by atoms with Crippen LogP contribution in [0.15, 0.2) is 0 Å². The van der Waals surface area contributed by atoms with Crippen molar-refractivity contribution >= 4 is 23.1 Å². The zero-order chi connectivity index (χ0) is 14.0. The molecular weight excluding hydrogens is 282 g/mol. The molecule has 104 valence electrons. The second kappa shape index (κ2) is 5.98. The summed E-state index contributed by atoms with van der Waals surface area (Å²) in [5.41, 5.74) is 2.96. The van der Waals surface area contributed by atoms with E-state index in [4.69, 9.17) is 11.6 Å². The number of likely N-dealkylation sites (N-methyl/N-ethyl adjacent to an activating group) is 1. The van der Waals surface area contributed by atoms with Gasteiger partial charge in [0.1, 0.15) is 0 Å². The Hall–Kier alpha value is -0.980. The molecule has 0 amide bonds. The minimum Gasteiger partial charge on any atom is -0.312 e. The highest BCUT2D eigenvalue weighted by Gasteiger charge is 2.21. The predicted octanol–water partition coefficient (Wildman–Crippen LogP) is 2.30. The van der Waals surface area contributed by atoms with Gasteiger partial charge in [-0.15, -0.1) is 5.10 Å². The molecule has 7 heteroatoms. The predicted molar refractivity (Wildman–Crippen MR) is 77.7 cm³/mol. The number of nitrogens with one attached hydrogen (secondary N) is 1. The van der Waals surface area contributed by atoms with Crippen LogP contribution in [0.3, 0.4) is 0 Å². The summed E-state index contributed by atoms with van der Waals surface area (Å²) >= 11 is 7.76. The molecule has 2 aromatic heterocycles. The molecule has 0 radical (unpaired) electrons. The van der Waals surface area contributed by atoms with Crippen LogP contribution in [0, 0.1) is 6.92 Å². The van der Waals surface area contributed by atoms with Crippen molar-refractivity contribution in [3.8, 4) is 0 Å². The van der Waals surface area contributed by atoms with Crippen LogP contribution < -0.4 is 5.32 Å². The average molecular weight is 300 g/mol. The van der Waals surface area contributed by atoms with Crippen LogP contribution >= 0.6 is 23.1 Å². The lowest BCUT2D eigenvalue weighted by atomic mass is 10.1. The van der Waals surface area contributed by atoms with E-state index in [-0.39, 0.29) is 6.04 Å². The van der Waals surface area contributed by atoms with Crippen molar-refractivity contribution in [2.45, 2.75) is 32.7 Å². The Kier molecular flexibility index (Phi) is 4.54. The fourth-order valence-corrected chi connectivity index (χ4v) is 3.23. The third-order valence-electron chi connectivity index (χ3n) is 3.24. The van der Waals surface area contributed by atoms with Crippen LogP contribution in [0.1, 0.15) is 34.9 Å². The number of aromatic nitrogens is 4. The normalized spacial score (nSPS) is 12.9. The van der Waals surface area contributed by atoms with Gasteiger partial charge in [-0.05, 0) is 31.9 Å². The van der Waals surface area contributed by atoms with Crippen LogP contribution in [0.25, 0.3) is 0 Å². The zero-order valence-corrected chi connectivity index (χ0v) is 13.1. The maximum Gasteiger partial charge on any atom is 0.0847 e. The monoisotopic (exact) mass is 299 g/mol. The van der Waals surface area contributed by atoms with Gasteiger partial charge >= 0.3 is 0 Å². The Balaban J connectivity index is 2.29. The van der Waals surface area contributed by atoms with Gasteiger partial charge in [-0.2, -0.15) is 5.10 Å². The maximum atomic E-state index is 6.31. The first kappa shape index (κ1) is 14.4. The van der Waals surface area contributed by atoms with Crippen molar-refractivity contribution in [1.82, 2.24) is 24.7 Å². The highest BCUT2D eigenvalue weighted by Crippen LogP contribution is 2.28. The fourth-order valence-electron chi connectivity index (χ4n) is 2.15. The highest BCUT2D eigenvalue weighted by atomic mass is 35.5. The largest absolute Gasteiger partial charge is 0.312 e. The van der Waals surface area contributed by atoms with Gasteiger partial charge in [0.15, 0.2) is 0 Å². The molecule has 0 aliphatic carbocycles. The van der Waals surface area contributed by atoms with E-state index in [0.717, 1.165) is 34.9 Å². The van der Waals surface area contributed by atoms with Gasteiger partial charge in [0.05, 0.1) is 33.0 Å². The number of halogens is 1. The van der Waals surface area contributed by atoms with Gasteiger partial charge in [-0.1, -0.05) is 23.0 Å². The first-order chi connectivity index (χ1) is 9.08. The minimum atomic E-state index is 0.169. The Labute approximate surface area is 122 Å². The molecule has 2 rings (SSSR count). The van der Waals surface area contributed by atoms with E-state index in [1.165, 1.54) is 16.4 Å². The van der Waals surface area contributed by atoms with Crippen LogP contribution in [-0.2, 0) is 19.9 Å². The molecular formula is C12H18ClN5S. The van der Waals surface area contributed by atoms with Gasteiger partial charge in [-0.25, -0.2) is 0 Å². The lowest BCUT2D eigenvalue weighted by Gasteiger charge is -2.15. The summed E-state index contributed by atoms with van der Waals surface area (Å²) in [5, 5.41) is 12.6. The summed E-state index contributed by atoms with van der Waals surface area (Å²) < 4.78 is 5.90. The molecule has 0 aliphatic rings. The van der Waals surface area contributed by atoms with E-state index >= 15 is 0 Å². The summed E-state index contributed by atoms with van der Waals surface area (Å²) in [7, 11) is 3.87. The molecule has 0 aromatic carbocycles. The standard InChI is InChI=1S/C12H18ClN5S/c1-5-8-12(19-17-15-8)9(14-3)6-10-11(13)7(2)16-18(10)4/h9,14H,5-6H2,1-4H3. The highest BCUT2D eigenvalue weighted by molar-refractivity contribution is 7.05. The van der Waals surface area contributed by atoms with Crippen LogP contribution in [0.5, 0.6) is 0 Å². The number of aryl methyl sites for hydroxylation is 3. The first-order valence-electron chi connectivity index (χ1n) is 6.24. The van der Waals surface area contributed by atoms with Crippen LogP contribution in [0.4, 0.5) is 0 Å². The van der Waals surface area contributed by atoms with Crippen molar-refractivity contribution in [2.24, 2.45) is 7.05 Å². The van der Waals surface area contributed by atoms with E-state index in [1.54, 1.807) is 0 Å². The molecule has 0 spiro atoms. The van der Waals surface area contributed by atoms with Crippen LogP contribution in [0.2, 0.25) is 5.02 Å². The van der Waals surface area contributed by atoms with E-state index in [9.17, 15) is 0 Å². The molecule has 0 fully saturated rings. The van der Waals surface area contributed by atoms with E-state index in [0.29, 0.717) is 0 Å². The molecule has 0 saturated carbocycles. The Morgan fingerprint density at radius 1 is 1.47 bits per heavy atom. The zero-order valence-electron chi connectivity index (χ0n) is 11.6. The van der Waals surface area contributed by atoms with Crippen molar-refractivity contribution in [3.63, 3.8) is 0 Å². The lowest BCUT2D eigenvalue weighted by molar-refractivity contribution is 0.564. The molecule has 5 nitrogen and oxygen atoms in total. The molecule has 19 heavy (non-hydrogen) atoms. The third-order valence-corrected chi connectivity index (χ3v) is 4.62. The second-order valence-electron chi connectivity index (χ2n) is 4.45. The Bertz CT molecular complexity index is 562. The molecule has 0 saturated heterocycles. The molecule has 1 N–H and O–H groups in total. The van der Waals surface area contributed by atoms with E-state index in [1.807, 2.05) is 25.7 Å². The minimum absolute atomic E-state index is 0.169. The Morgan fingerprint density at radius 2 is 2.21 bits per heavy atom. The number of hydrogen-bond acceptors (Lipinski definition) is 5. The lowest BCUT2D eigenvalue weighted by Crippen LogP contribution is -2.20. The molecule has 1 unspecified atom stereocenters.